The van der Waals surface area contributed by atoms with Crippen LogP contribution in [0.15, 0.2) is 53.0 Å². The van der Waals surface area contributed by atoms with Crippen LogP contribution in [0.2, 0.25) is 0 Å². The van der Waals surface area contributed by atoms with Crippen LogP contribution < -0.4 is 4.74 Å². The maximum Gasteiger partial charge on any atom is 0.344 e. The van der Waals surface area contributed by atoms with Crippen molar-refractivity contribution in [1.82, 2.24) is 0 Å². The van der Waals surface area contributed by atoms with Gasteiger partial charge in [-0.05, 0) is 48.9 Å². The van der Waals surface area contributed by atoms with Gasteiger partial charge in [0.25, 0.3) is 0 Å². The fraction of sp³-hybridized carbons (Fsp3) is 0.222. The Morgan fingerprint density at radius 3 is 2.25 bits per heavy atom. The molecule has 24 heavy (non-hydrogen) atoms. The molecule has 0 N–H and O–H groups in total. The van der Waals surface area contributed by atoms with Gasteiger partial charge in [-0.2, -0.15) is 0 Å². The molecule has 0 saturated carbocycles. The topological polar surface area (TPSA) is 52.6 Å². The summed E-state index contributed by atoms with van der Waals surface area (Å²) in [4.78, 5) is 23.4. The Morgan fingerprint density at radius 2 is 1.67 bits per heavy atom. The molecule has 2 aromatic rings. The van der Waals surface area contributed by atoms with Gasteiger partial charge in [0.2, 0.25) is 0 Å². The second kappa shape index (κ2) is 8.99. The molecule has 0 bridgehead atoms. The molecular formula is C18H16Br2O4. The molecule has 0 fully saturated rings. The summed E-state index contributed by atoms with van der Waals surface area (Å²) >= 11 is 6.81. The highest BCUT2D eigenvalue weighted by atomic mass is 79.9. The van der Waals surface area contributed by atoms with Crippen molar-refractivity contribution < 1.29 is 19.1 Å². The van der Waals surface area contributed by atoms with Crippen molar-refractivity contribution in [1.29, 1.82) is 0 Å². The lowest BCUT2D eigenvalue weighted by Crippen LogP contribution is -2.14. The Kier molecular flexibility index (Phi) is 6.99. The molecule has 2 aromatic carbocycles. The van der Waals surface area contributed by atoms with E-state index in [9.17, 15) is 9.59 Å². The number of Topliss-reactive ketones (excluding diaryl/α,β-unsaturated/α-hetero) is 1. The Morgan fingerprint density at radius 1 is 1.04 bits per heavy atom. The number of hydrogen-bond acceptors (Lipinski definition) is 4. The van der Waals surface area contributed by atoms with Gasteiger partial charge in [-0.3, -0.25) is 4.79 Å². The molecule has 0 aromatic heterocycles. The number of rotatable bonds is 7. The molecule has 0 amide bonds. The molecule has 0 spiro atoms. The summed E-state index contributed by atoms with van der Waals surface area (Å²) in [5.74, 6) is 0.0389. The Labute approximate surface area is 157 Å². The maximum absolute atomic E-state index is 12.5. The van der Waals surface area contributed by atoms with Gasteiger partial charge in [-0.25, -0.2) is 4.79 Å². The molecule has 4 nitrogen and oxygen atoms in total. The minimum absolute atomic E-state index is 0.0470. The summed E-state index contributed by atoms with van der Waals surface area (Å²) in [6.07, 6.45) is 0. The van der Waals surface area contributed by atoms with Crippen LogP contribution in [-0.4, -0.2) is 25.0 Å². The SMILES string of the molecule is CCOC(=O)COc1ccc(C(=O)C(Br)c2ccc(Br)cc2)cc1. The Hall–Kier alpha value is -1.66. The third-order valence-electron chi connectivity index (χ3n) is 3.19. The summed E-state index contributed by atoms with van der Waals surface area (Å²) in [5, 5.41) is 0. The monoisotopic (exact) mass is 454 g/mol. The predicted molar refractivity (Wildman–Crippen MR) is 98.7 cm³/mol. The van der Waals surface area contributed by atoms with Crippen LogP contribution in [0.25, 0.3) is 0 Å². The minimum atomic E-state index is -0.423. The zero-order chi connectivity index (χ0) is 17.5. The van der Waals surface area contributed by atoms with Gasteiger partial charge in [0, 0.05) is 10.0 Å². The summed E-state index contributed by atoms with van der Waals surface area (Å²) in [6, 6.07) is 14.2. The Balaban J connectivity index is 2.00. The van der Waals surface area contributed by atoms with Gasteiger partial charge in [0.15, 0.2) is 12.4 Å². The lowest BCUT2D eigenvalue weighted by molar-refractivity contribution is -0.145. The predicted octanol–water partition coefficient (Wildman–Crippen LogP) is 4.71. The summed E-state index contributed by atoms with van der Waals surface area (Å²) in [6.45, 7) is 1.90. The van der Waals surface area contributed by atoms with Crippen molar-refractivity contribution in [2.45, 2.75) is 11.8 Å². The van der Waals surface area contributed by atoms with E-state index >= 15 is 0 Å². The molecule has 6 heteroatoms. The maximum atomic E-state index is 12.5. The van der Waals surface area contributed by atoms with E-state index in [4.69, 9.17) is 9.47 Å². The third kappa shape index (κ3) is 5.18. The highest BCUT2D eigenvalue weighted by Gasteiger charge is 2.19. The number of halogens is 2. The van der Waals surface area contributed by atoms with Crippen LogP contribution in [0.1, 0.15) is 27.7 Å². The molecule has 0 aliphatic carbocycles. The van der Waals surface area contributed by atoms with Gasteiger partial charge in [0.05, 0.1) is 6.61 Å². The second-order valence-corrected chi connectivity index (χ2v) is 6.73. The van der Waals surface area contributed by atoms with Crippen molar-refractivity contribution in [3.8, 4) is 5.75 Å². The van der Waals surface area contributed by atoms with E-state index in [1.807, 2.05) is 24.3 Å². The molecule has 0 aliphatic heterocycles. The molecule has 0 aliphatic rings. The summed E-state index contributed by atoms with van der Waals surface area (Å²) < 4.78 is 11.1. The fourth-order valence-electron chi connectivity index (χ4n) is 1.99. The van der Waals surface area contributed by atoms with Crippen molar-refractivity contribution in [2.24, 2.45) is 0 Å². The first-order valence-corrected chi connectivity index (χ1v) is 9.04. The lowest BCUT2D eigenvalue weighted by Gasteiger charge is -2.10. The number of carbonyl (C=O) groups excluding carboxylic acids is 2. The number of ketones is 1. The van der Waals surface area contributed by atoms with Crippen LogP contribution in [0.3, 0.4) is 0 Å². The van der Waals surface area contributed by atoms with Gasteiger partial charge < -0.3 is 9.47 Å². The number of alkyl halides is 1. The number of ether oxygens (including phenoxy) is 2. The standard InChI is InChI=1S/C18H16Br2O4/c1-2-23-16(21)11-24-15-9-5-13(6-10-15)18(22)17(20)12-3-7-14(19)8-4-12/h3-10,17H,2,11H2,1H3. The quantitative estimate of drug-likeness (QED) is 0.344. The zero-order valence-corrected chi connectivity index (χ0v) is 16.2. The average molecular weight is 456 g/mol. The Bertz CT molecular complexity index is 696. The van der Waals surface area contributed by atoms with Gasteiger partial charge in [-0.1, -0.05) is 44.0 Å². The van der Waals surface area contributed by atoms with Crippen LogP contribution >= 0.6 is 31.9 Å². The molecular weight excluding hydrogens is 440 g/mol. The second-order valence-electron chi connectivity index (χ2n) is 4.90. The average Bonchev–Trinajstić information content (AvgIpc) is 2.60. The lowest BCUT2D eigenvalue weighted by atomic mass is 10.0. The zero-order valence-electron chi connectivity index (χ0n) is 13.0. The third-order valence-corrected chi connectivity index (χ3v) is 4.67. The number of hydrogen-bond donors (Lipinski definition) is 0. The fourth-order valence-corrected chi connectivity index (χ4v) is 2.82. The minimum Gasteiger partial charge on any atom is -0.482 e. The highest BCUT2D eigenvalue weighted by Crippen LogP contribution is 2.28. The van der Waals surface area contributed by atoms with Crippen LogP contribution in [0.4, 0.5) is 0 Å². The van der Waals surface area contributed by atoms with Gasteiger partial charge in [-0.15, -0.1) is 0 Å². The first-order chi connectivity index (χ1) is 11.5. The summed E-state index contributed by atoms with van der Waals surface area (Å²) in [7, 11) is 0. The summed E-state index contributed by atoms with van der Waals surface area (Å²) in [5.41, 5.74) is 1.44. The number of benzene rings is 2. The van der Waals surface area contributed by atoms with E-state index in [2.05, 4.69) is 31.9 Å². The highest BCUT2D eigenvalue weighted by molar-refractivity contribution is 9.10. The molecule has 2 rings (SSSR count). The van der Waals surface area contributed by atoms with Crippen molar-refractivity contribution >= 4 is 43.6 Å². The molecule has 126 valence electrons. The largest absolute Gasteiger partial charge is 0.482 e. The smallest absolute Gasteiger partial charge is 0.344 e. The van der Waals surface area contributed by atoms with E-state index in [-0.39, 0.29) is 12.4 Å². The van der Waals surface area contributed by atoms with Gasteiger partial charge in [0.1, 0.15) is 10.6 Å². The van der Waals surface area contributed by atoms with Crippen molar-refractivity contribution in [3.05, 3.63) is 64.1 Å². The normalized spacial score (nSPS) is 11.6. The van der Waals surface area contributed by atoms with E-state index in [0.717, 1.165) is 10.0 Å². The molecule has 0 radical (unpaired) electrons. The molecule has 1 unspecified atom stereocenters. The van der Waals surface area contributed by atoms with Crippen LogP contribution in [-0.2, 0) is 9.53 Å². The van der Waals surface area contributed by atoms with Crippen LogP contribution in [0.5, 0.6) is 5.75 Å². The van der Waals surface area contributed by atoms with E-state index in [1.165, 1.54) is 0 Å². The number of esters is 1. The van der Waals surface area contributed by atoms with E-state index in [1.54, 1.807) is 31.2 Å². The van der Waals surface area contributed by atoms with Crippen molar-refractivity contribution in [2.75, 3.05) is 13.2 Å². The van der Waals surface area contributed by atoms with Crippen LogP contribution in [0, 0.1) is 0 Å². The first kappa shape index (κ1) is 18.7. The molecule has 0 saturated heterocycles. The van der Waals surface area contributed by atoms with Gasteiger partial charge >= 0.3 is 5.97 Å². The van der Waals surface area contributed by atoms with E-state index in [0.29, 0.717) is 17.9 Å². The van der Waals surface area contributed by atoms with E-state index < -0.39 is 10.8 Å². The molecule has 0 heterocycles. The molecule has 1 atom stereocenters. The first-order valence-electron chi connectivity index (χ1n) is 7.33. The van der Waals surface area contributed by atoms with Crippen molar-refractivity contribution in [3.63, 3.8) is 0 Å². The number of carbonyl (C=O) groups is 2.